The van der Waals surface area contributed by atoms with Gasteiger partial charge in [0.05, 0.1) is 13.7 Å². The van der Waals surface area contributed by atoms with E-state index in [1.165, 1.54) is 7.11 Å². The van der Waals surface area contributed by atoms with Crippen LogP contribution in [-0.4, -0.2) is 36.0 Å². The molecule has 0 bridgehead atoms. The topological polar surface area (TPSA) is 78.9 Å². The quantitative estimate of drug-likeness (QED) is 0.430. The van der Waals surface area contributed by atoms with Gasteiger partial charge in [0.15, 0.2) is 5.78 Å². The van der Waals surface area contributed by atoms with Crippen molar-refractivity contribution in [3.63, 3.8) is 0 Å². The number of rotatable bonds is 8. The fourth-order valence-corrected chi connectivity index (χ4v) is 3.06. The Bertz CT molecular complexity index is 820. The summed E-state index contributed by atoms with van der Waals surface area (Å²) in [6.07, 6.45) is -0.185. The van der Waals surface area contributed by atoms with Crippen molar-refractivity contribution >= 4 is 40.4 Å². The molecule has 1 unspecified atom stereocenters. The number of hydrogen-bond donors (Lipinski definition) is 0. The normalized spacial score (nSPS) is 11.4. The lowest BCUT2D eigenvalue weighted by atomic mass is 10.1. The van der Waals surface area contributed by atoms with Crippen LogP contribution in [0.2, 0.25) is 5.02 Å². The van der Waals surface area contributed by atoms with Gasteiger partial charge in [0, 0.05) is 17.0 Å². The fourth-order valence-electron chi connectivity index (χ4n) is 2.21. The maximum atomic E-state index is 12.5. The summed E-state index contributed by atoms with van der Waals surface area (Å²) in [7, 11) is 1.21. The Morgan fingerprint density at radius 2 is 1.57 bits per heavy atom. The second-order valence-electron chi connectivity index (χ2n) is 5.52. The molecule has 2 rings (SSSR count). The molecular formula is C20H19ClO6S. The molecule has 8 heteroatoms. The van der Waals surface area contributed by atoms with E-state index in [1.807, 2.05) is 0 Å². The molecule has 0 saturated carbocycles. The Kier molecular flexibility index (Phi) is 8.35. The van der Waals surface area contributed by atoms with E-state index in [0.29, 0.717) is 33.8 Å². The first-order valence-electron chi connectivity index (χ1n) is 8.40. The van der Waals surface area contributed by atoms with Crippen molar-refractivity contribution < 1.29 is 28.6 Å². The summed E-state index contributed by atoms with van der Waals surface area (Å²) in [5.74, 6) is 0.228. The number of benzene rings is 2. The highest BCUT2D eigenvalue weighted by Crippen LogP contribution is 2.25. The highest BCUT2D eigenvalue weighted by atomic mass is 35.5. The number of hydrogen-bond acceptors (Lipinski definition) is 7. The van der Waals surface area contributed by atoms with Crippen molar-refractivity contribution in [1.29, 1.82) is 0 Å². The number of methoxy groups -OCH3 is 1. The van der Waals surface area contributed by atoms with Crippen LogP contribution in [0.1, 0.15) is 23.7 Å². The van der Waals surface area contributed by atoms with E-state index in [0.717, 1.165) is 0 Å². The maximum Gasteiger partial charge on any atom is 0.367 e. The second kappa shape index (κ2) is 10.7. The van der Waals surface area contributed by atoms with Gasteiger partial charge in [0.25, 0.3) is 0 Å². The molecule has 6 nitrogen and oxygen atoms in total. The zero-order valence-corrected chi connectivity index (χ0v) is 16.9. The van der Waals surface area contributed by atoms with E-state index in [2.05, 4.69) is 4.74 Å². The first-order chi connectivity index (χ1) is 13.4. The maximum absolute atomic E-state index is 12.5. The summed E-state index contributed by atoms with van der Waals surface area (Å²) in [6, 6.07) is 13.4. The molecule has 0 aromatic heterocycles. The van der Waals surface area contributed by atoms with Gasteiger partial charge >= 0.3 is 11.3 Å². The van der Waals surface area contributed by atoms with E-state index in [1.54, 1.807) is 55.5 Å². The Labute approximate surface area is 172 Å². The van der Waals surface area contributed by atoms with Crippen molar-refractivity contribution in [1.82, 2.24) is 0 Å². The number of thioether (sulfide) groups is 1. The molecule has 0 heterocycles. The van der Waals surface area contributed by atoms with Crippen LogP contribution in [0.25, 0.3) is 0 Å². The number of halogens is 1. The molecule has 0 spiro atoms. The lowest BCUT2D eigenvalue weighted by Crippen LogP contribution is -2.25. The van der Waals surface area contributed by atoms with Crippen LogP contribution in [0, 0.1) is 0 Å². The second-order valence-corrected chi connectivity index (χ2v) is 7.09. The minimum Gasteiger partial charge on any atom is -0.465 e. The average molecular weight is 423 g/mol. The number of carbonyl (C=O) groups excluding carboxylic acids is 3. The summed E-state index contributed by atoms with van der Waals surface area (Å²) in [5, 5.41) is -1.02. The fraction of sp³-hybridized carbons (Fsp3) is 0.250. The first kappa shape index (κ1) is 21.8. The Balaban J connectivity index is 2.04. The summed E-state index contributed by atoms with van der Waals surface area (Å²) in [6.45, 7) is 1.81. The van der Waals surface area contributed by atoms with E-state index in [-0.39, 0.29) is 18.8 Å². The predicted octanol–water partition coefficient (Wildman–Crippen LogP) is 5.14. The monoisotopic (exact) mass is 422 g/mol. The molecule has 0 radical (unpaired) electrons. The van der Waals surface area contributed by atoms with Gasteiger partial charge in [-0.25, -0.2) is 4.79 Å². The van der Waals surface area contributed by atoms with Crippen molar-refractivity contribution in [3.05, 3.63) is 59.1 Å². The van der Waals surface area contributed by atoms with E-state index in [4.69, 9.17) is 21.1 Å². The van der Waals surface area contributed by atoms with Gasteiger partial charge in [-0.3, -0.25) is 9.59 Å². The number of ketones is 1. The third-order valence-corrected chi connectivity index (χ3v) is 4.81. The Morgan fingerprint density at radius 1 is 1.00 bits per heavy atom. The Morgan fingerprint density at radius 3 is 2.11 bits per heavy atom. The molecule has 148 valence electrons. The van der Waals surface area contributed by atoms with E-state index < -0.39 is 16.5 Å². The number of Topliss-reactive ketones (excluding diaryl/α,β-unsaturated/α-hetero) is 1. The molecule has 28 heavy (non-hydrogen) atoms. The summed E-state index contributed by atoms with van der Waals surface area (Å²) < 4.78 is 15.2. The minimum atomic E-state index is -0.968. The van der Waals surface area contributed by atoms with Crippen LogP contribution >= 0.6 is 23.4 Å². The minimum absolute atomic E-state index is 0.155. The number of carbonyl (C=O) groups is 3. The molecule has 0 aliphatic carbocycles. The SMILES string of the molecule is CCOC(=O)C(CC(=O)c1ccc(Oc2ccc(Cl)cc2)cc1)SC(=O)OC. The standard InChI is InChI=1S/C20H19ClO6S/c1-3-26-19(23)18(28-20(24)25-2)12-17(22)13-4-8-15(9-5-13)27-16-10-6-14(21)7-11-16/h4-11,18H,3,12H2,1-2H3. The molecule has 1 atom stereocenters. The molecule has 2 aromatic carbocycles. The molecule has 0 N–H and O–H groups in total. The van der Waals surface area contributed by atoms with Gasteiger partial charge in [-0.1, -0.05) is 11.6 Å². The van der Waals surface area contributed by atoms with Gasteiger partial charge in [-0.2, -0.15) is 0 Å². The molecule has 2 aromatic rings. The molecule has 0 amide bonds. The number of ether oxygens (including phenoxy) is 3. The van der Waals surface area contributed by atoms with Crippen LogP contribution in [0.15, 0.2) is 48.5 Å². The predicted molar refractivity (Wildman–Crippen MR) is 107 cm³/mol. The lowest BCUT2D eigenvalue weighted by molar-refractivity contribution is -0.142. The average Bonchev–Trinajstić information content (AvgIpc) is 2.69. The first-order valence-corrected chi connectivity index (χ1v) is 9.66. The van der Waals surface area contributed by atoms with Crippen molar-refractivity contribution in [2.45, 2.75) is 18.6 Å². The smallest absolute Gasteiger partial charge is 0.367 e. The van der Waals surface area contributed by atoms with E-state index >= 15 is 0 Å². The molecule has 0 aliphatic rings. The zero-order valence-electron chi connectivity index (χ0n) is 15.3. The largest absolute Gasteiger partial charge is 0.465 e. The number of esters is 1. The van der Waals surface area contributed by atoms with Crippen molar-refractivity contribution in [2.75, 3.05) is 13.7 Å². The summed E-state index contributed by atoms with van der Waals surface area (Å²) in [5.41, 5.74) is 0.392. The van der Waals surface area contributed by atoms with Crippen LogP contribution < -0.4 is 4.74 Å². The highest BCUT2D eigenvalue weighted by Gasteiger charge is 2.28. The van der Waals surface area contributed by atoms with Crippen molar-refractivity contribution in [2.24, 2.45) is 0 Å². The van der Waals surface area contributed by atoms with Crippen LogP contribution in [0.3, 0.4) is 0 Å². The summed E-state index contributed by atoms with van der Waals surface area (Å²) >= 11 is 6.47. The van der Waals surface area contributed by atoms with Gasteiger partial charge in [-0.15, -0.1) is 0 Å². The molecule has 0 aliphatic heterocycles. The molecule has 0 saturated heterocycles. The van der Waals surface area contributed by atoms with Gasteiger partial charge < -0.3 is 14.2 Å². The van der Waals surface area contributed by atoms with Crippen LogP contribution in [0.5, 0.6) is 11.5 Å². The molecular weight excluding hydrogens is 404 g/mol. The van der Waals surface area contributed by atoms with Crippen molar-refractivity contribution in [3.8, 4) is 11.5 Å². The molecule has 0 fully saturated rings. The highest BCUT2D eigenvalue weighted by molar-refractivity contribution is 8.14. The van der Waals surface area contributed by atoms with Gasteiger partial charge in [-0.05, 0) is 67.2 Å². The zero-order chi connectivity index (χ0) is 20.5. The van der Waals surface area contributed by atoms with E-state index in [9.17, 15) is 14.4 Å². The van der Waals surface area contributed by atoms with Gasteiger partial charge in [0.2, 0.25) is 0 Å². The lowest BCUT2D eigenvalue weighted by Gasteiger charge is -2.13. The Hall–Kier alpha value is -2.51. The van der Waals surface area contributed by atoms with Gasteiger partial charge in [0.1, 0.15) is 16.7 Å². The van der Waals surface area contributed by atoms with Crippen LogP contribution in [-0.2, 0) is 14.3 Å². The third kappa shape index (κ3) is 6.58. The van der Waals surface area contributed by atoms with Crippen LogP contribution in [0.4, 0.5) is 4.79 Å². The summed E-state index contributed by atoms with van der Waals surface area (Å²) in [4.78, 5) is 36.0. The third-order valence-electron chi connectivity index (χ3n) is 3.55.